The Hall–Kier alpha value is -4.38. The Morgan fingerprint density at radius 3 is 1.78 bits per heavy atom. The minimum absolute atomic E-state index is 0.313. The van der Waals surface area contributed by atoms with E-state index in [2.05, 4.69) is 5.32 Å². The maximum Gasteiger partial charge on any atom is 0.338 e. The smallest absolute Gasteiger partial charge is 0.338 e. The van der Waals surface area contributed by atoms with Gasteiger partial charge in [0.15, 0.2) is 0 Å². The first-order chi connectivity index (χ1) is 17.8. The number of hydrogen-bond donors (Lipinski definition) is 4. The van der Waals surface area contributed by atoms with Crippen molar-refractivity contribution in [2.45, 2.75) is 19.4 Å². The van der Waals surface area contributed by atoms with Crippen LogP contribution in [-0.2, 0) is 6.54 Å². The Balaban J connectivity index is 2.15. The summed E-state index contributed by atoms with van der Waals surface area (Å²) in [6.45, 7) is 0.762. The van der Waals surface area contributed by atoms with Gasteiger partial charge >= 0.3 is 6.03 Å². The predicted octanol–water partition coefficient (Wildman–Crippen LogP) is 3.42. The number of urea groups is 1. The SMILES string of the molecule is COc1cc(OC)cc(-c2cc(-c3cc(OC)cc(OC)c3)n(CCCCNC(=O)NO)c2C(N)=O)c1. The number of nitrogens with zero attached hydrogens (tertiary/aromatic N) is 1. The van der Waals surface area contributed by atoms with Crippen LogP contribution in [0.2, 0.25) is 0 Å². The van der Waals surface area contributed by atoms with Gasteiger partial charge in [0, 0.05) is 42.0 Å². The van der Waals surface area contributed by atoms with Gasteiger partial charge < -0.3 is 34.6 Å². The molecule has 0 atom stereocenters. The number of carbonyl (C=O) groups excluding carboxylic acids is 2. The lowest BCUT2D eigenvalue weighted by molar-refractivity contribution is 0.0992. The quantitative estimate of drug-likeness (QED) is 0.165. The standard InChI is InChI=1S/C26H32N4O7/c1-34-18-9-16(10-19(13-18)35-2)22-15-23(17-11-20(36-3)14-21(12-17)37-4)30(24(22)25(27)31)8-6-5-7-28-26(32)29-33/h9-15,33H,5-8H2,1-4H3,(H2,27,31)(H2,28,29,32). The Labute approximate surface area is 215 Å². The highest BCUT2D eigenvalue weighted by molar-refractivity contribution is 6.00. The van der Waals surface area contributed by atoms with E-state index in [0.717, 1.165) is 11.3 Å². The molecule has 1 heterocycles. The van der Waals surface area contributed by atoms with Gasteiger partial charge in [0.2, 0.25) is 0 Å². The van der Waals surface area contributed by atoms with Crippen molar-refractivity contribution >= 4 is 11.9 Å². The molecule has 1 aromatic heterocycles. The van der Waals surface area contributed by atoms with Gasteiger partial charge in [-0.25, -0.2) is 10.3 Å². The van der Waals surface area contributed by atoms with E-state index in [1.165, 1.54) is 5.48 Å². The summed E-state index contributed by atoms with van der Waals surface area (Å²) < 4.78 is 23.6. The highest BCUT2D eigenvalue weighted by atomic mass is 16.5. The number of benzene rings is 2. The molecular formula is C26H32N4O7. The molecule has 0 saturated heterocycles. The molecule has 0 bridgehead atoms. The summed E-state index contributed by atoms with van der Waals surface area (Å²) in [4.78, 5) is 24.1. The summed E-state index contributed by atoms with van der Waals surface area (Å²) >= 11 is 0. The number of hydrogen-bond acceptors (Lipinski definition) is 7. The van der Waals surface area contributed by atoms with Gasteiger partial charge in [0.05, 0.1) is 28.4 Å². The van der Waals surface area contributed by atoms with Crippen LogP contribution in [0.15, 0.2) is 42.5 Å². The first-order valence-corrected chi connectivity index (χ1v) is 11.5. The molecule has 198 valence electrons. The van der Waals surface area contributed by atoms with E-state index in [1.807, 2.05) is 34.9 Å². The lowest BCUT2D eigenvalue weighted by Gasteiger charge is -2.15. The first kappa shape index (κ1) is 27.2. The molecule has 0 unspecified atom stereocenters. The predicted molar refractivity (Wildman–Crippen MR) is 138 cm³/mol. The Morgan fingerprint density at radius 2 is 1.32 bits per heavy atom. The average Bonchev–Trinajstić information content (AvgIpc) is 3.31. The molecule has 11 nitrogen and oxygen atoms in total. The van der Waals surface area contributed by atoms with Gasteiger partial charge in [-0.3, -0.25) is 10.0 Å². The van der Waals surface area contributed by atoms with Crippen LogP contribution in [-0.4, -0.2) is 56.7 Å². The maximum atomic E-state index is 12.8. The number of hydroxylamine groups is 1. The average molecular weight is 513 g/mol. The second-order valence-corrected chi connectivity index (χ2v) is 8.09. The van der Waals surface area contributed by atoms with Crippen molar-refractivity contribution in [3.63, 3.8) is 0 Å². The van der Waals surface area contributed by atoms with Crippen LogP contribution in [0.25, 0.3) is 22.4 Å². The second kappa shape index (κ2) is 12.5. The summed E-state index contributed by atoms with van der Waals surface area (Å²) in [5, 5.41) is 11.2. The highest BCUT2D eigenvalue weighted by Crippen LogP contribution is 2.38. The molecule has 0 spiro atoms. The molecule has 11 heteroatoms. The largest absolute Gasteiger partial charge is 0.497 e. The molecule has 0 fully saturated rings. The van der Waals surface area contributed by atoms with E-state index in [9.17, 15) is 9.59 Å². The molecule has 3 aromatic rings. The number of amides is 3. The van der Waals surface area contributed by atoms with Gasteiger partial charge in [0.25, 0.3) is 5.91 Å². The van der Waals surface area contributed by atoms with Crippen LogP contribution in [0, 0.1) is 0 Å². The van der Waals surface area contributed by atoms with E-state index in [1.54, 1.807) is 40.6 Å². The van der Waals surface area contributed by atoms with Crippen LogP contribution in [0.3, 0.4) is 0 Å². The van der Waals surface area contributed by atoms with Crippen molar-refractivity contribution in [1.82, 2.24) is 15.4 Å². The van der Waals surface area contributed by atoms with E-state index in [-0.39, 0.29) is 0 Å². The summed E-state index contributed by atoms with van der Waals surface area (Å²) in [5.41, 5.74) is 10.6. The third-order valence-electron chi connectivity index (χ3n) is 5.84. The lowest BCUT2D eigenvalue weighted by atomic mass is 10.0. The zero-order valence-corrected chi connectivity index (χ0v) is 21.3. The normalized spacial score (nSPS) is 10.5. The highest BCUT2D eigenvalue weighted by Gasteiger charge is 2.23. The van der Waals surface area contributed by atoms with Crippen molar-refractivity contribution in [3.8, 4) is 45.4 Å². The van der Waals surface area contributed by atoms with Gasteiger partial charge in [-0.2, -0.15) is 0 Å². The second-order valence-electron chi connectivity index (χ2n) is 8.09. The molecule has 0 aliphatic rings. The topological polar surface area (TPSA) is 146 Å². The Bertz CT molecular complexity index is 1210. The van der Waals surface area contributed by atoms with Crippen molar-refractivity contribution in [1.29, 1.82) is 0 Å². The van der Waals surface area contributed by atoms with E-state index < -0.39 is 11.9 Å². The zero-order chi connectivity index (χ0) is 26.9. The number of nitrogens with one attached hydrogen (secondary N) is 2. The Kier molecular flexibility index (Phi) is 9.22. The number of carbonyl (C=O) groups is 2. The molecule has 2 aromatic carbocycles. The van der Waals surface area contributed by atoms with Gasteiger partial charge in [-0.1, -0.05) is 0 Å². The van der Waals surface area contributed by atoms with Crippen LogP contribution < -0.4 is 35.5 Å². The molecule has 0 radical (unpaired) electrons. The van der Waals surface area contributed by atoms with Gasteiger partial charge in [-0.05, 0) is 48.7 Å². The molecule has 3 amide bonds. The van der Waals surface area contributed by atoms with Gasteiger partial charge in [0.1, 0.15) is 28.7 Å². The molecule has 0 saturated carbocycles. The third kappa shape index (κ3) is 6.44. The number of aromatic nitrogens is 1. The lowest BCUT2D eigenvalue weighted by Crippen LogP contribution is -2.33. The molecule has 0 aliphatic carbocycles. The fourth-order valence-corrected chi connectivity index (χ4v) is 4.06. The zero-order valence-electron chi connectivity index (χ0n) is 21.3. The minimum atomic E-state index is -0.683. The van der Waals surface area contributed by atoms with Crippen molar-refractivity contribution in [3.05, 3.63) is 48.2 Å². The van der Waals surface area contributed by atoms with Crippen LogP contribution in [0.1, 0.15) is 23.3 Å². The number of primary amides is 1. The number of rotatable bonds is 12. The number of unbranched alkanes of at least 4 members (excludes halogenated alkanes) is 1. The van der Waals surface area contributed by atoms with E-state index in [0.29, 0.717) is 65.8 Å². The van der Waals surface area contributed by atoms with E-state index >= 15 is 0 Å². The van der Waals surface area contributed by atoms with E-state index in [4.69, 9.17) is 29.9 Å². The number of ether oxygens (including phenoxy) is 4. The fraction of sp³-hybridized carbons (Fsp3) is 0.308. The first-order valence-electron chi connectivity index (χ1n) is 11.5. The number of methoxy groups -OCH3 is 4. The summed E-state index contributed by atoms with van der Waals surface area (Å²) in [6, 6.07) is 12.0. The van der Waals surface area contributed by atoms with Crippen LogP contribution in [0.4, 0.5) is 4.79 Å². The summed E-state index contributed by atoms with van der Waals surface area (Å²) in [7, 11) is 6.24. The third-order valence-corrected chi connectivity index (χ3v) is 5.84. The minimum Gasteiger partial charge on any atom is -0.497 e. The monoisotopic (exact) mass is 512 g/mol. The van der Waals surface area contributed by atoms with Crippen molar-refractivity contribution < 1.29 is 33.7 Å². The van der Waals surface area contributed by atoms with Crippen molar-refractivity contribution in [2.75, 3.05) is 35.0 Å². The fourth-order valence-electron chi connectivity index (χ4n) is 4.06. The number of nitrogens with two attached hydrogens (primary N) is 1. The van der Waals surface area contributed by atoms with Crippen LogP contribution >= 0.6 is 0 Å². The molecule has 5 N–H and O–H groups in total. The summed E-state index contributed by atoms with van der Waals surface area (Å²) in [5.74, 6) is 1.71. The molecular weight excluding hydrogens is 480 g/mol. The molecule has 37 heavy (non-hydrogen) atoms. The molecule has 0 aliphatic heterocycles. The van der Waals surface area contributed by atoms with Crippen LogP contribution in [0.5, 0.6) is 23.0 Å². The van der Waals surface area contributed by atoms with Gasteiger partial charge in [-0.15, -0.1) is 0 Å². The van der Waals surface area contributed by atoms with Crippen molar-refractivity contribution in [2.24, 2.45) is 5.73 Å². The maximum absolute atomic E-state index is 12.8. The molecule has 3 rings (SSSR count). The summed E-state index contributed by atoms with van der Waals surface area (Å²) in [6.07, 6.45) is 1.20. The Morgan fingerprint density at radius 1 is 0.811 bits per heavy atom.